The summed E-state index contributed by atoms with van der Waals surface area (Å²) in [5, 5.41) is 34.4. The fourth-order valence-corrected chi connectivity index (χ4v) is 7.68. The third-order valence-corrected chi connectivity index (χ3v) is 9.99. The van der Waals surface area contributed by atoms with E-state index in [9.17, 15) is 24.9 Å². The molecule has 2 amide bonds. The molecule has 1 aromatic carbocycles. The lowest BCUT2D eigenvalue weighted by Gasteiger charge is -2.38. The van der Waals surface area contributed by atoms with Crippen molar-refractivity contribution in [2.24, 2.45) is 23.7 Å². The number of halogens is 1. The van der Waals surface area contributed by atoms with Crippen LogP contribution in [0.4, 0.5) is 0 Å². The predicted molar refractivity (Wildman–Crippen MR) is 169 cm³/mol. The van der Waals surface area contributed by atoms with Crippen molar-refractivity contribution in [3.8, 4) is 11.5 Å². The van der Waals surface area contributed by atoms with Gasteiger partial charge in [-0.2, -0.15) is 0 Å². The molecular weight excluding hydrogens is 653 g/mol. The van der Waals surface area contributed by atoms with E-state index in [4.69, 9.17) is 4.74 Å². The van der Waals surface area contributed by atoms with Crippen molar-refractivity contribution in [1.29, 1.82) is 0 Å². The van der Waals surface area contributed by atoms with Gasteiger partial charge in [0.05, 0.1) is 41.8 Å². The van der Waals surface area contributed by atoms with E-state index in [0.29, 0.717) is 28.6 Å². The highest BCUT2D eigenvalue weighted by molar-refractivity contribution is 14.1. The van der Waals surface area contributed by atoms with Gasteiger partial charge >= 0.3 is 0 Å². The Morgan fingerprint density at radius 2 is 2.00 bits per heavy atom. The second-order valence-corrected chi connectivity index (χ2v) is 13.5. The van der Waals surface area contributed by atoms with Crippen molar-refractivity contribution < 1.29 is 29.6 Å². The fraction of sp³-hybridized carbons (Fsp3) is 0.500. The van der Waals surface area contributed by atoms with Crippen LogP contribution in [0, 0.1) is 27.2 Å². The number of carbonyl (C=O) groups excluding carboxylic acids is 2. The van der Waals surface area contributed by atoms with Crippen molar-refractivity contribution in [1.82, 2.24) is 4.90 Å². The van der Waals surface area contributed by atoms with Gasteiger partial charge in [-0.05, 0) is 88.9 Å². The molecule has 4 atom stereocenters. The quantitative estimate of drug-likeness (QED) is 0.140. The van der Waals surface area contributed by atoms with Crippen LogP contribution in [0.3, 0.4) is 0 Å². The zero-order chi connectivity index (χ0) is 29.8. The summed E-state index contributed by atoms with van der Waals surface area (Å²) in [6, 6.07) is 7.52. The highest BCUT2D eigenvalue weighted by Crippen LogP contribution is 2.48. The molecule has 4 rings (SSSR count). The Kier molecular flexibility index (Phi) is 10.7. The van der Waals surface area contributed by atoms with Crippen molar-refractivity contribution in [2.45, 2.75) is 65.5 Å². The summed E-state index contributed by atoms with van der Waals surface area (Å²) in [6.07, 6.45) is 4.54. The molecule has 1 aromatic heterocycles. The summed E-state index contributed by atoms with van der Waals surface area (Å²) in [5.74, 6) is -1.57. The van der Waals surface area contributed by atoms with Gasteiger partial charge in [-0.1, -0.05) is 50.5 Å². The summed E-state index contributed by atoms with van der Waals surface area (Å²) < 4.78 is 6.02. The van der Waals surface area contributed by atoms with Crippen LogP contribution in [-0.4, -0.2) is 51.9 Å². The molecule has 0 spiro atoms. The maximum absolute atomic E-state index is 13.6. The summed E-state index contributed by atoms with van der Waals surface area (Å²) in [4.78, 5) is 29.3. The average molecular weight is 694 g/mol. The van der Waals surface area contributed by atoms with Crippen molar-refractivity contribution in [3.05, 3.63) is 60.4 Å². The molecule has 2 heterocycles. The van der Waals surface area contributed by atoms with E-state index in [1.54, 1.807) is 6.07 Å². The summed E-state index contributed by atoms with van der Waals surface area (Å²) >= 11 is 3.59. The summed E-state index contributed by atoms with van der Waals surface area (Å²) in [7, 11) is 1.53. The highest BCUT2D eigenvalue weighted by Gasteiger charge is 2.55. The number of carbonyl (C=O) groups is 2. The number of aromatic hydroxyl groups is 1. The molecular formula is C32H40INO6S. The van der Waals surface area contributed by atoms with Gasteiger partial charge in [0.2, 0.25) is 11.8 Å². The molecule has 41 heavy (non-hydrogen) atoms. The SMILES string of the molecule is CCC/C(=C\c1cc(I)c(O)c(OC)c1)CC[C@@H](O)C1=C(C(C)C)C[C@H]2C(=O)N(Cc3cccs3)C(=O)[C@H]2[C@H]1CO. The van der Waals surface area contributed by atoms with Gasteiger partial charge in [0.1, 0.15) is 0 Å². The Morgan fingerprint density at radius 3 is 2.61 bits per heavy atom. The van der Waals surface area contributed by atoms with Crippen LogP contribution in [0.1, 0.15) is 63.3 Å². The van der Waals surface area contributed by atoms with Gasteiger partial charge < -0.3 is 20.1 Å². The average Bonchev–Trinajstić information content (AvgIpc) is 3.55. The summed E-state index contributed by atoms with van der Waals surface area (Å²) in [5.41, 5.74) is 3.79. The Morgan fingerprint density at radius 1 is 1.24 bits per heavy atom. The fourth-order valence-electron chi connectivity index (χ4n) is 6.36. The number of hydrogen-bond acceptors (Lipinski definition) is 7. The highest BCUT2D eigenvalue weighted by atomic mass is 127. The first-order valence-corrected chi connectivity index (χ1v) is 16.2. The number of nitrogens with zero attached hydrogens (tertiary/aromatic N) is 1. The van der Waals surface area contributed by atoms with Crippen LogP contribution in [0.15, 0.2) is 46.4 Å². The van der Waals surface area contributed by atoms with E-state index in [2.05, 4.69) is 35.6 Å². The van der Waals surface area contributed by atoms with Crippen LogP contribution in [0.25, 0.3) is 6.08 Å². The number of methoxy groups -OCH3 is 1. The predicted octanol–water partition coefficient (Wildman–Crippen LogP) is 6.16. The number of allylic oxidation sites excluding steroid dienone is 2. The van der Waals surface area contributed by atoms with Crippen molar-refractivity contribution in [3.63, 3.8) is 0 Å². The van der Waals surface area contributed by atoms with Gasteiger partial charge in [0, 0.05) is 10.8 Å². The molecule has 2 aromatic rings. The van der Waals surface area contributed by atoms with Gasteiger partial charge in [-0.3, -0.25) is 14.5 Å². The lowest BCUT2D eigenvalue weighted by atomic mass is 9.66. The monoisotopic (exact) mass is 693 g/mol. The number of aliphatic hydroxyl groups is 2. The van der Waals surface area contributed by atoms with E-state index in [1.807, 2.05) is 37.4 Å². The van der Waals surface area contributed by atoms with Crippen molar-refractivity contribution >= 4 is 51.8 Å². The molecule has 0 unspecified atom stereocenters. The maximum Gasteiger partial charge on any atom is 0.234 e. The minimum atomic E-state index is -0.838. The number of hydrogen-bond donors (Lipinski definition) is 3. The number of likely N-dealkylation sites (tertiary alicyclic amines) is 1. The number of fused-ring (bicyclic) bond motifs is 1. The molecule has 222 valence electrons. The molecule has 0 saturated carbocycles. The van der Waals surface area contributed by atoms with Gasteiger partial charge in [0.15, 0.2) is 11.5 Å². The van der Waals surface area contributed by atoms with Crippen LogP contribution in [0.2, 0.25) is 0 Å². The number of ether oxygens (including phenoxy) is 1. The number of imide groups is 1. The molecule has 3 N–H and O–H groups in total. The van der Waals surface area contributed by atoms with Crippen molar-refractivity contribution in [2.75, 3.05) is 13.7 Å². The minimum Gasteiger partial charge on any atom is -0.504 e. The second-order valence-electron chi connectivity index (χ2n) is 11.3. The number of phenols is 1. The van der Waals surface area contributed by atoms with Crippen LogP contribution < -0.4 is 4.74 Å². The largest absolute Gasteiger partial charge is 0.504 e. The first-order valence-electron chi connectivity index (χ1n) is 14.3. The van der Waals surface area contributed by atoms with E-state index >= 15 is 0 Å². The van der Waals surface area contributed by atoms with Gasteiger partial charge in [-0.25, -0.2) is 0 Å². The minimum absolute atomic E-state index is 0.0705. The molecule has 7 nitrogen and oxygen atoms in total. The van der Waals surface area contributed by atoms with Gasteiger partial charge in [0.25, 0.3) is 0 Å². The molecule has 1 aliphatic heterocycles. The van der Waals surface area contributed by atoms with Crippen LogP contribution in [0.5, 0.6) is 11.5 Å². The van der Waals surface area contributed by atoms with E-state index in [-0.39, 0.29) is 36.6 Å². The third-order valence-electron chi connectivity index (χ3n) is 8.31. The standard InChI is InChI=1S/C32H40INO6S/c1-5-7-19(12-20-13-25(33)30(37)27(14-20)40-4)9-10-26(36)28-22(18(2)3)15-23-29(24(28)17-35)32(39)34(31(23)38)16-21-8-6-11-41-21/h6,8,11-14,18,23-24,26,29,35-37H,5,7,9-10,15-17H2,1-4H3/b19-12+/t23-,24+,26-,29-/m1/s1. The van der Waals surface area contributed by atoms with E-state index < -0.39 is 23.9 Å². The number of thiophene rings is 1. The zero-order valence-electron chi connectivity index (χ0n) is 24.1. The molecule has 0 bridgehead atoms. The topological polar surface area (TPSA) is 107 Å². The first-order chi connectivity index (χ1) is 19.6. The second kappa shape index (κ2) is 13.8. The third kappa shape index (κ3) is 6.73. The number of aliphatic hydroxyl groups excluding tert-OH is 2. The van der Waals surface area contributed by atoms with Crippen LogP contribution >= 0.6 is 33.9 Å². The number of phenolic OH excluding ortho intramolecular Hbond substituents is 1. The molecule has 1 fully saturated rings. The molecule has 1 saturated heterocycles. The van der Waals surface area contributed by atoms with E-state index in [0.717, 1.165) is 40.0 Å². The zero-order valence-corrected chi connectivity index (χ0v) is 27.1. The molecule has 0 radical (unpaired) electrons. The Labute approximate surface area is 260 Å². The van der Waals surface area contributed by atoms with Gasteiger partial charge in [-0.15, -0.1) is 11.3 Å². The molecule has 9 heteroatoms. The molecule has 2 aliphatic rings. The lowest BCUT2D eigenvalue weighted by molar-refractivity contribution is -0.140. The number of benzene rings is 1. The Hall–Kier alpha value is -2.21. The number of amides is 2. The smallest absolute Gasteiger partial charge is 0.234 e. The normalized spacial score (nSPS) is 22.1. The maximum atomic E-state index is 13.6. The molecule has 1 aliphatic carbocycles. The Bertz CT molecular complexity index is 1320. The summed E-state index contributed by atoms with van der Waals surface area (Å²) in [6.45, 7) is 6.16. The first kappa shape index (κ1) is 31.7. The number of rotatable bonds is 12. The van der Waals surface area contributed by atoms with Crippen LogP contribution in [-0.2, 0) is 16.1 Å². The lowest BCUT2D eigenvalue weighted by Crippen LogP contribution is -2.39. The Balaban J connectivity index is 1.59. The van der Waals surface area contributed by atoms with E-state index in [1.165, 1.54) is 23.3 Å².